The van der Waals surface area contributed by atoms with Crippen molar-refractivity contribution in [2.75, 3.05) is 23.9 Å². The van der Waals surface area contributed by atoms with Crippen LogP contribution in [0.1, 0.15) is 45.1 Å². The number of hydrogen-bond donors (Lipinski definition) is 2. The quantitative estimate of drug-likeness (QED) is 0.567. The van der Waals surface area contributed by atoms with Gasteiger partial charge in [0.2, 0.25) is 17.7 Å². The van der Waals surface area contributed by atoms with E-state index >= 15 is 0 Å². The molecule has 2 unspecified atom stereocenters. The number of anilines is 2. The van der Waals surface area contributed by atoms with E-state index in [0.717, 1.165) is 18.4 Å². The second kappa shape index (κ2) is 11.5. The zero-order valence-electron chi connectivity index (χ0n) is 21.5. The van der Waals surface area contributed by atoms with Crippen molar-refractivity contribution in [1.29, 1.82) is 0 Å². The second-order valence-electron chi connectivity index (χ2n) is 9.88. The van der Waals surface area contributed by atoms with Crippen molar-refractivity contribution in [2.45, 2.75) is 58.0 Å². The van der Waals surface area contributed by atoms with Gasteiger partial charge in [-0.2, -0.15) is 0 Å². The maximum atomic E-state index is 13.6. The van der Waals surface area contributed by atoms with Crippen LogP contribution in [0, 0.1) is 5.92 Å². The Labute approximate surface area is 217 Å². The van der Waals surface area contributed by atoms with Gasteiger partial charge < -0.3 is 20.3 Å². The summed E-state index contributed by atoms with van der Waals surface area (Å²) in [5, 5.41) is 5.68. The predicted octanol–water partition coefficient (Wildman–Crippen LogP) is 3.73. The molecule has 5 amide bonds. The minimum atomic E-state index is -0.497. The molecule has 1 heterocycles. The molecule has 1 aliphatic heterocycles. The van der Waals surface area contributed by atoms with Crippen LogP contribution in [0.15, 0.2) is 48.5 Å². The average molecular weight is 507 g/mol. The zero-order chi connectivity index (χ0) is 26.5. The number of ether oxygens (including phenoxy) is 1. The van der Waals surface area contributed by atoms with Gasteiger partial charge in [-0.05, 0) is 68.7 Å². The molecule has 2 fully saturated rings. The fraction of sp³-hybridized carbons (Fsp3) is 0.429. The van der Waals surface area contributed by atoms with Gasteiger partial charge in [0.1, 0.15) is 12.3 Å². The molecule has 2 aromatic carbocycles. The maximum Gasteiger partial charge on any atom is 0.332 e. The van der Waals surface area contributed by atoms with Crippen LogP contribution in [-0.2, 0) is 20.8 Å². The first kappa shape index (κ1) is 26.2. The van der Waals surface area contributed by atoms with Crippen molar-refractivity contribution in [3.63, 3.8) is 0 Å². The monoisotopic (exact) mass is 506 g/mol. The third-order valence-electron chi connectivity index (χ3n) is 6.80. The van der Waals surface area contributed by atoms with Gasteiger partial charge in [0, 0.05) is 17.8 Å². The fourth-order valence-corrected chi connectivity index (χ4v) is 5.08. The lowest BCUT2D eigenvalue weighted by Gasteiger charge is -2.46. The van der Waals surface area contributed by atoms with Crippen molar-refractivity contribution in [2.24, 2.45) is 5.92 Å². The lowest BCUT2D eigenvalue weighted by molar-refractivity contribution is -0.128. The van der Waals surface area contributed by atoms with Gasteiger partial charge in [0.05, 0.1) is 25.1 Å². The molecular weight excluding hydrogens is 472 g/mol. The number of amides is 5. The molecule has 196 valence electrons. The van der Waals surface area contributed by atoms with E-state index in [1.165, 1.54) is 9.80 Å². The highest BCUT2D eigenvalue weighted by molar-refractivity contribution is 6.17. The minimum absolute atomic E-state index is 0.0479. The standard InChI is InChI=1S/C28H34N4O5/c1-18(2)29-25(33)16-19-8-12-21(13-9-19)32-27(35)23-6-4-5-7-24(23)31(28(32)36)17-26(34)30-20-10-14-22(37-3)15-11-20/h8-15,18,23-24H,4-7,16-17H2,1-3H3,(H,29,33)(H,30,34). The van der Waals surface area contributed by atoms with Crippen LogP contribution in [0.2, 0.25) is 0 Å². The summed E-state index contributed by atoms with van der Waals surface area (Å²) >= 11 is 0. The molecule has 2 aliphatic rings. The van der Waals surface area contributed by atoms with E-state index < -0.39 is 6.03 Å². The number of methoxy groups -OCH3 is 1. The Hall–Kier alpha value is -3.88. The normalized spacial score (nSPS) is 19.5. The number of hydrogen-bond acceptors (Lipinski definition) is 5. The van der Waals surface area contributed by atoms with Crippen LogP contribution in [-0.4, -0.2) is 54.4 Å². The van der Waals surface area contributed by atoms with Crippen molar-refractivity contribution in [3.8, 4) is 5.75 Å². The number of nitrogens with one attached hydrogen (secondary N) is 2. The Morgan fingerprint density at radius 3 is 2.30 bits per heavy atom. The number of fused-ring (bicyclic) bond motifs is 1. The highest BCUT2D eigenvalue weighted by Crippen LogP contribution is 2.36. The summed E-state index contributed by atoms with van der Waals surface area (Å²) in [4.78, 5) is 54.8. The van der Waals surface area contributed by atoms with E-state index in [1.54, 1.807) is 55.6 Å². The van der Waals surface area contributed by atoms with E-state index in [-0.39, 0.29) is 48.7 Å². The van der Waals surface area contributed by atoms with Crippen molar-refractivity contribution >= 4 is 35.1 Å². The summed E-state index contributed by atoms with van der Waals surface area (Å²) in [6, 6.07) is 13.1. The Bertz CT molecular complexity index is 1150. The van der Waals surface area contributed by atoms with E-state index in [1.807, 2.05) is 13.8 Å². The van der Waals surface area contributed by atoms with Crippen molar-refractivity contribution in [1.82, 2.24) is 10.2 Å². The number of urea groups is 1. The van der Waals surface area contributed by atoms with Crippen molar-refractivity contribution < 1.29 is 23.9 Å². The molecule has 0 radical (unpaired) electrons. The van der Waals surface area contributed by atoms with E-state index in [2.05, 4.69) is 10.6 Å². The van der Waals surface area contributed by atoms with Crippen LogP contribution in [0.5, 0.6) is 5.75 Å². The molecule has 37 heavy (non-hydrogen) atoms. The lowest BCUT2D eigenvalue weighted by Crippen LogP contribution is -2.64. The van der Waals surface area contributed by atoms with E-state index in [9.17, 15) is 19.2 Å². The first-order valence-electron chi connectivity index (χ1n) is 12.7. The van der Waals surface area contributed by atoms with Gasteiger partial charge >= 0.3 is 6.03 Å². The van der Waals surface area contributed by atoms with Gasteiger partial charge in [-0.3, -0.25) is 14.4 Å². The Morgan fingerprint density at radius 2 is 1.65 bits per heavy atom. The summed E-state index contributed by atoms with van der Waals surface area (Å²) in [6.07, 6.45) is 3.39. The first-order valence-corrected chi connectivity index (χ1v) is 12.7. The molecule has 0 bridgehead atoms. The van der Waals surface area contributed by atoms with Crippen LogP contribution in [0.3, 0.4) is 0 Å². The number of benzene rings is 2. The largest absolute Gasteiger partial charge is 0.497 e. The smallest absolute Gasteiger partial charge is 0.332 e. The third kappa shape index (κ3) is 6.10. The van der Waals surface area contributed by atoms with Gasteiger partial charge in [0.15, 0.2) is 0 Å². The molecule has 1 aliphatic carbocycles. The predicted molar refractivity (Wildman–Crippen MR) is 140 cm³/mol. The summed E-state index contributed by atoms with van der Waals surface area (Å²) in [5.41, 5.74) is 1.82. The summed E-state index contributed by atoms with van der Waals surface area (Å²) in [7, 11) is 1.57. The number of imide groups is 1. The van der Waals surface area contributed by atoms with Gasteiger partial charge in [-0.1, -0.05) is 25.0 Å². The highest BCUT2D eigenvalue weighted by Gasteiger charge is 2.48. The SMILES string of the molecule is COc1ccc(NC(=O)CN2C(=O)N(c3ccc(CC(=O)NC(C)C)cc3)C(=O)C3CCCCC32)cc1. The first-order chi connectivity index (χ1) is 17.8. The third-order valence-corrected chi connectivity index (χ3v) is 6.80. The average Bonchev–Trinajstić information content (AvgIpc) is 2.87. The van der Waals surface area contributed by atoms with Gasteiger partial charge in [0.25, 0.3) is 0 Å². The molecule has 1 saturated carbocycles. The van der Waals surface area contributed by atoms with Gasteiger partial charge in [-0.15, -0.1) is 0 Å². The summed E-state index contributed by atoms with van der Waals surface area (Å²) in [5.74, 6) is -0.325. The fourth-order valence-electron chi connectivity index (χ4n) is 5.08. The number of carbonyl (C=O) groups excluding carboxylic acids is 4. The minimum Gasteiger partial charge on any atom is -0.497 e. The van der Waals surface area contributed by atoms with E-state index in [4.69, 9.17) is 4.74 Å². The molecule has 0 spiro atoms. The molecule has 2 aromatic rings. The number of rotatable bonds is 8. The lowest BCUT2D eigenvalue weighted by atomic mass is 9.81. The van der Waals surface area contributed by atoms with Crippen LogP contribution < -0.4 is 20.3 Å². The number of carbonyl (C=O) groups is 4. The van der Waals surface area contributed by atoms with Gasteiger partial charge in [-0.25, -0.2) is 9.69 Å². The molecule has 4 rings (SSSR count). The Kier molecular flexibility index (Phi) is 8.11. The maximum absolute atomic E-state index is 13.6. The molecule has 2 atom stereocenters. The highest BCUT2D eigenvalue weighted by atomic mass is 16.5. The van der Waals surface area contributed by atoms with Crippen LogP contribution >= 0.6 is 0 Å². The molecule has 2 N–H and O–H groups in total. The summed E-state index contributed by atoms with van der Waals surface area (Å²) in [6.45, 7) is 3.65. The zero-order valence-corrected chi connectivity index (χ0v) is 21.5. The van der Waals surface area contributed by atoms with E-state index in [0.29, 0.717) is 30.0 Å². The topological polar surface area (TPSA) is 108 Å². The molecular formula is C28H34N4O5. The van der Waals surface area contributed by atoms with Crippen molar-refractivity contribution in [3.05, 3.63) is 54.1 Å². The Morgan fingerprint density at radius 1 is 0.973 bits per heavy atom. The molecule has 9 heteroatoms. The molecule has 9 nitrogen and oxygen atoms in total. The summed E-state index contributed by atoms with van der Waals surface area (Å²) < 4.78 is 5.15. The second-order valence-corrected chi connectivity index (χ2v) is 9.88. The number of nitrogens with zero attached hydrogens (tertiary/aromatic N) is 2. The van der Waals surface area contributed by atoms with Crippen LogP contribution in [0.25, 0.3) is 0 Å². The van der Waals surface area contributed by atoms with Crippen LogP contribution in [0.4, 0.5) is 16.2 Å². The Balaban J connectivity index is 1.51. The molecule has 0 aromatic heterocycles. The molecule has 1 saturated heterocycles.